The predicted octanol–water partition coefficient (Wildman–Crippen LogP) is 5.60. The number of esters is 1. The molecule has 0 aliphatic heterocycles. The Labute approximate surface area is 157 Å². The second-order valence-electron chi connectivity index (χ2n) is 7.69. The summed E-state index contributed by atoms with van der Waals surface area (Å²) in [7, 11) is 0. The molecule has 140 valence electrons. The van der Waals surface area contributed by atoms with Crippen LogP contribution in [0.3, 0.4) is 0 Å². The van der Waals surface area contributed by atoms with Gasteiger partial charge in [0.2, 0.25) is 0 Å². The van der Waals surface area contributed by atoms with Crippen molar-refractivity contribution in [1.82, 2.24) is 0 Å². The fourth-order valence-corrected chi connectivity index (χ4v) is 2.74. The molecule has 0 fully saturated rings. The molecule has 3 heteroatoms. The first-order valence-corrected chi connectivity index (χ1v) is 9.50. The maximum atomic E-state index is 12.1. The van der Waals surface area contributed by atoms with Gasteiger partial charge in [0, 0.05) is 12.2 Å². The number of aryl methyl sites for hydroxylation is 1. The zero-order valence-corrected chi connectivity index (χ0v) is 16.5. The van der Waals surface area contributed by atoms with Gasteiger partial charge in [-0.05, 0) is 53.6 Å². The molecule has 0 unspecified atom stereocenters. The molecular weight excluding hydrogens is 322 g/mol. The van der Waals surface area contributed by atoms with E-state index in [1.54, 1.807) is 0 Å². The first-order chi connectivity index (χ1) is 12.4. The van der Waals surface area contributed by atoms with E-state index in [9.17, 15) is 4.79 Å². The Hall–Kier alpha value is -2.29. The molecule has 0 radical (unpaired) electrons. The van der Waals surface area contributed by atoms with Crippen LogP contribution in [0.25, 0.3) is 0 Å². The van der Waals surface area contributed by atoms with Crippen LogP contribution in [0.1, 0.15) is 62.0 Å². The van der Waals surface area contributed by atoms with E-state index in [1.165, 1.54) is 11.1 Å². The highest BCUT2D eigenvalue weighted by atomic mass is 16.5. The van der Waals surface area contributed by atoms with Gasteiger partial charge in [0.25, 0.3) is 0 Å². The van der Waals surface area contributed by atoms with Crippen molar-refractivity contribution in [2.24, 2.45) is 0 Å². The number of hydrogen-bond donors (Lipinski definition) is 1. The number of anilines is 1. The van der Waals surface area contributed by atoms with Crippen LogP contribution < -0.4 is 5.32 Å². The van der Waals surface area contributed by atoms with E-state index in [2.05, 4.69) is 57.3 Å². The van der Waals surface area contributed by atoms with Crippen LogP contribution in [0.2, 0.25) is 0 Å². The minimum absolute atomic E-state index is 0.139. The molecule has 0 saturated heterocycles. The lowest BCUT2D eigenvalue weighted by atomic mass is 9.87. The van der Waals surface area contributed by atoms with Crippen LogP contribution in [0, 0.1) is 0 Å². The lowest BCUT2D eigenvalue weighted by molar-refractivity contribution is 0.0504. The summed E-state index contributed by atoms with van der Waals surface area (Å²) in [5.41, 5.74) is 4.43. The Morgan fingerprint density at radius 3 is 2.46 bits per heavy atom. The summed E-state index contributed by atoms with van der Waals surface area (Å²) in [6, 6.07) is 16.2. The number of ether oxygens (including phenoxy) is 1. The first kappa shape index (κ1) is 20.0. The molecule has 0 amide bonds. The Kier molecular flexibility index (Phi) is 7.26. The molecule has 0 saturated carbocycles. The molecule has 2 aromatic rings. The number of carbonyl (C=O) groups excluding carboxylic acids is 1. The normalized spacial score (nSPS) is 11.2. The average Bonchev–Trinajstić information content (AvgIpc) is 2.62. The zero-order chi connectivity index (χ0) is 19.0. The molecule has 0 heterocycles. The molecule has 2 aromatic carbocycles. The molecule has 1 N–H and O–H groups in total. The fourth-order valence-electron chi connectivity index (χ4n) is 2.74. The van der Waals surface area contributed by atoms with Crippen LogP contribution in [0.5, 0.6) is 0 Å². The van der Waals surface area contributed by atoms with E-state index in [0.717, 1.165) is 31.5 Å². The second-order valence-corrected chi connectivity index (χ2v) is 7.69. The van der Waals surface area contributed by atoms with Gasteiger partial charge in [-0.25, -0.2) is 4.79 Å². The third-order valence-electron chi connectivity index (χ3n) is 4.34. The molecule has 2 rings (SSSR count). The minimum atomic E-state index is -0.247. The van der Waals surface area contributed by atoms with Gasteiger partial charge >= 0.3 is 5.97 Å². The third-order valence-corrected chi connectivity index (χ3v) is 4.34. The van der Waals surface area contributed by atoms with Crippen molar-refractivity contribution in [3.8, 4) is 0 Å². The monoisotopic (exact) mass is 353 g/mol. The van der Waals surface area contributed by atoms with Crippen molar-refractivity contribution in [3.63, 3.8) is 0 Å². The summed E-state index contributed by atoms with van der Waals surface area (Å²) < 4.78 is 5.36. The summed E-state index contributed by atoms with van der Waals surface area (Å²) >= 11 is 0. The molecule has 0 aliphatic carbocycles. The lowest BCUT2D eigenvalue weighted by Gasteiger charge is -2.20. The third kappa shape index (κ3) is 6.21. The van der Waals surface area contributed by atoms with E-state index in [4.69, 9.17) is 4.74 Å². The quantitative estimate of drug-likeness (QED) is 0.496. The zero-order valence-electron chi connectivity index (χ0n) is 16.5. The Balaban J connectivity index is 1.72. The van der Waals surface area contributed by atoms with Crippen molar-refractivity contribution in [1.29, 1.82) is 0 Å². The van der Waals surface area contributed by atoms with Gasteiger partial charge in [0.15, 0.2) is 0 Å². The van der Waals surface area contributed by atoms with Crippen molar-refractivity contribution in [3.05, 3.63) is 65.2 Å². The van der Waals surface area contributed by atoms with Crippen LogP contribution in [-0.4, -0.2) is 19.1 Å². The number of nitrogens with one attached hydrogen (secondary N) is 1. The van der Waals surface area contributed by atoms with Crippen LogP contribution in [0.15, 0.2) is 48.5 Å². The molecule has 0 spiro atoms. The van der Waals surface area contributed by atoms with E-state index in [-0.39, 0.29) is 11.4 Å². The highest BCUT2D eigenvalue weighted by molar-refractivity contribution is 5.89. The van der Waals surface area contributed by atoms with E-state index < -0.39 is 0 Å². The standard InChI is InChI=1S/C23H31NO2/c1-5-8-18-11-13-19(14-12-18)22(25)26-16-7-15-24-21-10-6-9-20(17-21)23(2,3)4/h6,9-14,17,24H,5,7-8,15-16H2,1-4H3. The van der Waals surface area contributed by atoms with Crippen LogP contribution >= 0.6 is 0 Å². The summed E-state index contributed by atoms with van der Waals surface area (Å²) in [5.74, 6) is -0.247. The fraction of sp³-hybridized carbons (Fsp3) is 0.435. The predicted molar refractivity (Wildman–Crippen MR) is 109 cm³/mol. The summed E-state index contributed by atoms with van der Waals surface area (Å²) in [6.07, 6.45) is 2.92. The molecule has 26 heavy (non-hydrogen) atoms. The second kappa shape index (κ2) is 9.42. The van der Waals surface area contributed by atoms with Crippen molar-refractivity contribution in [2.75, 3.05) is 18.5 Å². The number of carbonyl (C=O) groups is 1. The van der Waals surface area contributed by atoms with Gasteiger partial charge in [0.05, 0.1) is 12.2 Å². The SMILES string of the molecule is CCCc1ccc(C(=O)OCCCNc2cccc(C(C)(C)C)c2)cc1. The molecular formula is C23H31NO2. The van der Waals surface area contributed by atoms with Gasteiger partial charge in [-0.3, -0.25) is 0 Å². The van der Waals surface area contributed by atoms with Crippen LogP contribution in [0.4, 0.5) is 5.69 Å². The highest BCUT2D eigenvalue weighted by Crippen LogP contribution is 2.24. The van der Waals surface area contributed by atoms with E-state index >= 15 is 0 Å². The van der Waals surface area contributed by atoms with Gasteiger partial charge < -0.3 is 10.1 Å². The van der Waals surface area contributed by atoms with Crippen molar-refractivity contribution >= 4 is 11.7 Å². The summed E-state index contributed by atoms with van der Waals surface area (Å²) in [6.45, 7) is 9.97. The van der Waals surface area contributed by atoms with E-state index in [0.29, 0.717) is 12.2 Å². The molecule has 0 aromatic heterocycles. The van der Waals surface area contributed by atoms with Crippen LogP contribution in [-0.2, 0) is 16.6 Å². The van der Waals surface area contributed by atoms with Crippen molar-refractivity contribution < 1.29 is 9.53 Å². The number of hydrogen-bond acceptors (Lipinski definition) is 3. The summed E-state index contributed by atoms with van der Waals surface area (Å²) in [5, 5.41) is 3.40. The lowest BCUT2D eigenvalue weighted by Crippen LogP contribution is -2.13. The average molecular weight is 354 g/mol. The Morgan fingerprint density at radius 1 is 1.08 bits per heavy atom. The molecule has 0 bridgehead atoms. The molecule has 0 aliphatic rings. The van der Waals surface area contributed by atoms with Gasteiger partial charge in [-0.15, -0.1) is 0 Å². The van der Waals surface area contributed by atoms with Gasteiger partial charge in [-0.2, -0.15) is 0 Å². The topological polar surface area (TPSA) is 38.3 Å². The Bertz CT molecular complexity index is 699. The maximum Gasteiger partial charge on any atom is 0.338 e. The van der Waals surface area contributed by atoms with Crippen molar-refractivity contribution in [2.45, 2.75) is 52.4 Å². The number of rotatable bonds is 8. The largest absolute Gasteiger partial charge is 0.462 e. The summed E-state index contributed by atoms with van der Waals surface area (Å²) in [4.78, 5) is 12.1. The maximum absolute atomic E-state index is 12.1. The smallest absolute Gasteiger partial charge is 0.338 e. The highest BCUT2D eigenvalue weighted by Gasteiger charge is 2.13. The first-order valence-electron chi connectivity index (χ1n) is 9.50. The van der Waals surface area contributed by atoms with E-state index in [1.807, 2.05) is 24.3 Å². The Morgan fingerprint density at radius 2 is 1.81 bits per heavy atom. The number of benzene rings is 2. The molecule has 3 nitrogen and oxygen atoms in total. The van der Waals surface area contributed by atoms with Gasteiger partial charge in [0.1, 0.15) is 0 Å². The molecule has 0 atom stereocenters. The minimum Gasteiger partial charge on any atom is -0.462 e. The van der Waals surface area contributed by atoms with Gasteiger partial charge in [-0.1, -0.05) is 58.4 Å².